The molecule has 0 radical (unpaired) electrons. The molecule has 1 aromatic carbocycles. The third-order valence-electron chi connectivity index (χ3n) is 4.27. The molecule has 6 nitrogen and oxygen atoms in total. The lowest BCUT2D eigenvalue weighted by Gasteiger charge is -2.33. The van der Waals surface area contributed by atoms with E-state index in [1.807, 2.05) is 32.0 Å². The van der Waals surface area contributed by atoms with Crippen LogP contribution >= 0.6 is 0 Å². The van der Waals surface area contributed by atoms with Gasteiger partial charge in [0.05, 0.1) is 19.3 Å². The Bertz CT molecular complexity index is 610. The quantitative estimate of drug-likeness (QED) is 0.772. The fourth-order valence-corrected chi connectivity index (χ4v) is 3.24. The van der Waals surface area contributed by atoms with Gasteiger partial charge in [0, 0.05) is 31.7 Å². The lowest BCUT2D eigenvalue weighted by atomic mass is 10.1. The normalized spacial score (nSPS) is 18.0. The van der Waals surface area contributed by atoms with E-state index in [0.717, 1.165) is 30.8 Å². The molecule has 0 spiro atoms. The van der Waals surface area contributed by atoms with Gasteiger partial charge >= 0.3 is 0 Å². The standard InChI is InChI=1S/C20H31N3O3/c1-14(2)12-23-5-6-26-18(13-23)10-21-19(24)11-22-20(25)17-8-15(3)7-16(4)9-17/h7-9,14,18H,5-6,10-13H2,1-4H3,(H,21,24)(H,22,25)/t18-/m1/s1. The monoisotopic (exact) mass is 361 g/mol. The Balaban J connectivity index is 1.72. The zero-order chi connectivity index (χ0) is 19.1. The molecule has 0 unspecified atom stereocenters. The maximum Gasteiger partial charge on any atom is 0.251 e. The van der Waals surface area contributed by atoms with Crippen molar-refractivity contribution in [2.45, 2.75) is 33.8 Å². The Kier molecular flexibility index (Phi) is 7.60. The third-order valence-corrected chi connectivity index (χ3v) is 4.27. The van der Waals surface area contributed by atoms with Crippen molar-refractivity contribution in [3.63, 3.8) is 0 Å². The molecule has 1 heterocycles. The first kappa shape index (κ1) is 20.4. The smallest absolute Gasteiger partial charge is 0.251 e. The predicted molar refractivity (Wildman–Crippen MR) is 102 cm³/mol. The van der Waals surface area contributed by atoms with E-state index >= 15 is 0 Å². The molecule has 2 amide bonds. The number of amides is 2. The van der Waals surface area contributed by atoms with Gasteiger partial charge in [-0.3, -0.25) is 14.5 Å². The molecule has 0 aliphatic carbocycles. The first-order valence-corrected chi connectivity index (χ1v) is 9.30. The van der Waals surface area contributed by atoms with Crippen LogP contribution in [0.3, 0.4) is 0 Å². The predicted octanol–water partition coefficient (Wildman–Crippen LogP) is 1.51. The Morgan fingerprint density at radius 1 is 1.19 bits per heavy atom. The summed E-state index contributed by atoms with van der Waals surface area (Å²) in [5, 5.41) is 5.52. The van der Waals surface area contributed by atoms with E-state index in [2.05, 4.69) is 29.4 Å². The molecule has 1 aliphatic rings. The summed E-state index contributed by atoms with van der Waals surface area (Å²) in [5.41, 5.74) is 2.63. The van der Waals surface area contributed by atoms with E-state index < -0.39 is 0 Å². The van der Waals surface area contributed by atoms with Crippen LogP contribution in [0.2, 0.25) is 0 Å². The minimum atomic E-state index is -0.232. The summed E-state index contributed by atoms with van der Waals surface area (Å²) in [4.78, 5) is 26.6. The molecule has 0 aromatic heterocycles. The first-order chi connectivity index (χ1) is 12.3. The number of nitrogens with zero attached hydrogens (tertiary/aromatic N) is 1. The topological polar surface area (TPSA) is 70.7 Å². The number of nitrogens with one attached hydrogen (secondary N) is 2. The molecule has 1 fully saturated rings. The molecule has 6 heteroatoms. The number of benzene rings is 1. The molecule has 26 heavy (non-hydrogen) atoms. The average molecular weight is 361 g/mol. The summed E-state index contributed by atoms with van der Waals surface area (Å²) >= 11 is 0. The van der Waals surface area contributed by atoms with Crippen molar-refractivity contribution >= 4 is 11.8 Å². The minimum absolute atomic E-state index is 0.00146. The van der Waals surface area contributed by atoms with Crippen molar-refractivity contribution in [2.24, 2.45) is 5.92 Å². The molecule has 144 valence electrons. The molecular formula is C20H31N3O3. The molecule has 2 N–H and O–H groups in total. The van der Waals surface area contributed by atoms with E-state index in [9.17, 15) is 9.59 Å². The van der Waals surface area contributed by atoms with Crippen LogP contribution in [0, 0.1) is 19.8 Å². The van der Waals surface area contributed by atoms with Gasteiger partial charge in [-0.1, -0.05) is 31.0 Å². The highest BCUT2D eigenvalue weighted by atomic mass is 16.5. The summed E-state index contributed by atoms with van der Waals surface area (Å²) in [6.07, 6.45) is 0.00146. The van der Waals surface area contributed by atoms with Gasteiger partial charge in [0.2, 0.25) is 5.91 Å². The van der Waals surface area contributed by atoms with Gasteiger partial charge in [0.25, 0.3) is 5.91 Å². The van der Waals surface area contributed by atoms with Gasteiger partial charge in [0.1, 0.15) is 0 Å². The van der Waals surface area contributed by atoms with Crippen molar-refractivity contribution in [1.29, 1.82) is 0 Å². The lowest BCUT2D eigenvalue weighted by molar-refractivity contribution is -0.121. The summed E-state index contributed by atoms with van der Waals surface area (Å²) in [6.45, 7) is 12.2. The van der Waals surface area contributed by atoms with E-state index in [-0.39, 0.29) is 24.5 Å². The van der Waals surface area contributed by atoms with Gasteiger partial charge < -0.3 is 15.4 Å². The fourth-order valence-electron chi connectivity index (χ4n) is 3.24. The fraction of sp³-hybridized carbons (Fsp3) is 0.600. The Labute approximate surface area is 156 Å². The van der Waals surface area contributed by atoms with Gasteiger partial charge in [0.15, 0.2) is 0 Å². The third kappa shape index (κ3) is 6.77. The van der Waals surface area contributed by atoms with E-state index in [1.54, 1.807) is 0 Å². The molecule has 0 saturated carbocycles. The molecule has 1 atom stereocenters. The van der Waals surface area contributed by atoms with E-state index in [4.69, 9.17) is 4.74 Å². The molecule has 1 saturated heterocycles. The van der Waals surface area contributed by atoms with Crippen molar-refractivity contribution in [1.82, 2.24) is 15.5 Å². The van der Waals surface area contributed by atoms with Gasteiger partial charge in [-0.05, 0) is 31.9 Å². The highest BCUT2D eigenvalue weighted by Gasteiger charge is 2.21. The number of rotatable bonds is 7. The van der Waals surface area contributed by atoms with Crippen LogP contribution in [-0.4, -0.2) is 62.1 Å². The van der Waals surface area contributed by atoms with Crippen LogP contribution in [0.1, 0.15) is 35.3 Å². The number of carbonyl (C=O) groups is 2. The zero-order valence-corrected chi connectivity index (χ0v) is 16.3. The SMILES string of the molecule is Cc1cc(C)cc(C(=O)NCC(=O)NC[C@@H]2CN(CC(C)C)CCO2)c1. The van der Waals surface area contributed by atoms with Gasteiger partial charge in [-0.25, -0.2) is 0 Å². The number of hydrogen-bond acceptors (Lipinski definition) is 4. The van der Waals surface area contributed by atoms with Crippen LogP contribution in [0.15, 0.2) is 18.2 Å². The van der Waals surface area contributed by atoms with E-state index in [0.29, 0.717) is 24.6 Å². The summed E-state index contributed by atoms with van der Waals surface area (Å²) < 4.78 is 5.72. The van der Waals surface area contributed by atoms with Crippen LogP contribution < -0.4 is 10.6 Å². The van der Waals surface area contributed by atoms with Crippen LogP contribution in [0.25, 0.3) is 0 Å². The first-order valence-electron chi connectivity index (χ1n) is 9.30. The van der Waals surface area contributed by atoms with Crippen molar-refractivity contribution in [3.8, 4) is 0 Å². The number of carbonyl (C=O) groups excluding carboxylic acids is 2. The maximum absolute atomic E-state index is 12.2. The molecule has 1 aliphatic heterocycles. The summed E-state index contributed by atoms with van der Waals surface area (Å²) in [5.74, 6) is 0.181. The van der Waals surface area contributed by atoms with E-state index in [1.165, 1.54) is 0 Å². The average Bonchev–Trinajstić information content (AvgIpc) is 2.56. The number of morpholine rings is 1. The van der Waals surface area contributed by atoms with Crippen molar-refractivity contribution < 1.29 is 14.3 Å². The molecule has 1 aromatic rings. The number of hydrogen-bond donors (Lipinski definition) is 2. The minimum Gasteiger partial charge on any atom is -0.374 e. The van der Waals surface area contributed by atoms with Gasteiger partial charge in [-0.15, -0.1) is 0 Å². The maximum atomic E-state index is 12.2. The summed E-state index contributed by atoms with van der Waals surface area (Å²) in [6, 6.07) is 5.65. The number of ether oxygens (including phenoxy) is 1. The summed E-state index contributed by atoms with van der Waals surface area (Å²) in [7, 11) is 0. The molecule has 0 bridgehead atoms. The zero-order valence-electron chi connectivity index (χ0n) is 16.3. The lowest BCUT2D eigenvalue weighted by Crippen LogP contribution is -2.49. The van der Waals surface area contributed by atoms with Crippen LogP contribution in [0.5, 0.6) is 0 Å². The highest BCUT2D eigenvalue weighted by Crippen LogP contribution is 2.09. The second-order valence-corrected chi connectivity index (χ2v) is 7.51. The number of aryl methyl sites for hydroxylation is 2. The van der Waals surface area contributed by atoms with Crippen LogP contribution in [-0.2, 0) is 9.53 Å². The second-order valence-electron chi connectivity index (χ2n) is 7.51. The Morgan fingerprint density at radius 2 is 1.88 bits per heavy atom. The second kappa shape index (κ2) is 9.69. The van der Waals surface area contributed by atoms with Crippen molar-refractivity contribution in [3.05, 3.63) is 34.9 Å². The van der Waals surface area contributed by atoms with Crippen molar-refractivity contribution in [2.75, 3.05) is 39.3 Å². The highest BCUT2D eigenvalue weighted by molar-refractivity contribution is 5.96. The Morgan fingerprint density at radius 3 is 2.54 bits per heavy atom. The van der Waals surface area contributed by atoms with Crippen LogP contribution in [0.4, 0.5) is 0 Å². The largest absolute Gasteiger partial charge is 0.374 e. The molecular weight excluding hydrogens is 330 g/mol. The molecule has 2 rings (SSSR count). The Hall–Kier alpha value is -1.92. The van der Waals surface area contributed by atoms with Gasteiger partial charge in [-0.2, -0.15) is 0 Å².